The minimum atomic E-state index is -1.12. The van der Waals surface area contributed by atoms with Crippen molar-refractivity contribution in [2.75, 3.05) is 13.2 Å². The van der Waals surface area contributed by atoms with Gasteiger partial charge in [0.1, 0.15) is 17.1 Å². The smallest absolute Gasteiger partial charge is 0.353 e. The molecule has 7 heteroatoms. The molecule has 0 aliphatic carbocycles. The molecule has 0 atom stereocenters. The van der Waals surface area contributed by atoms with Crippen LogP contribution in [0, 0.1) is 0 Å². The average Bonchev–Trinajstić information content (AvgIpc) is 2.78. The molecule has 3 N–H and O–H groups in total. The van der Waals surface area contributed by atoms with Crippen LogP contribution in [0.25, 0.3) is 11.3 Å². The number of aromatic nitrogens is 2. The Morgan fingerprint density at radius 2 is 2.10 bits per heavy atom. The number of nitrogens with zero attached hydrogens (tertiary/aromatic N) is 1. The molecule has 2 aromatic rings. The highest BCUT2D eigenvalue weighted by Crippen LogP contribution is 2.44. The Kier molecular flexibility index (Phi) is 2.94. The number of aromatic carboxylic acids is 1. The maximum absolute atomic E-state index is 10.9. The first kappa shape index (κ1) is 12.3. The van der Waals surface area contributed by atoms with Crippen LogP contribution in [-0.4, -0.2) is 39.6 Å². The Morgan fingerprint density at radius 3 is 2.85 bits per heavy atom. The van der Waals surface area contributed by atoms with Crippen LogP contribution in [0.15, 0.2) is 18.2 Å². The van der Waals surface area contributed by atoms with Gasteiger partial charge >= 0.3 is 5.97 Å². The summed E-state index contributed by atoms with van der Waals surface area (Å²) in [5, 5.41) is 25.2. The summed E-state index contributed by atoms with van der Waals surface area (Å²) in [6, 6.07) is 4.42. The van der Waals surface area contributed by atoms with Crippen molar-refractivity contribution >= 4 is 5.97 Å². The van der Waals surface area contributed by atoms with Gasteiger partial charge in [-0.05, 0) is 18.2 Å². The normalized spacial score (nSPS) is 13.8. The van der Waals surface area contributed by atoms with Gasteiger partial charge in [0.2, 0.25) is 0 Å². The largest absolute Gasteiger partial charge is 0.507 e. The molecule has 0 fully saturated rings. The fourth-order valence-electron chi connectivity index (χ4n) is 2.03. The van der Waals surface area contributed by atoms with Gasteiger partial charge in [-0.1, -0.05) is 0 Å². The number of rotatable bonds is 2. The second-order valence-electron chi connectivity index (χ2n) is 4.31. The van der Waals surface area contributed by atoms with E-state index >= 15 is 0 Å². The van der Waals surface area contributed by atoms with Crippen molar-refractivity contribution in [1.29, 1.82) is 0 Å². The number of fused-ring (bicyclic) bond motifs is 1. The molecule has 0 radical (unpaired) electrons. The van der Waals surface area contributed by atoms with Crippen LogP contribution in [0.3, 0.4) is 0 Å². The lowest BCUT2D eigenvalue weighted by Gasteiger charge is -2.12. The van der Waals surface area contributed by atoms with Crippen molar-refractivity contribution in [2.45, 2.75) is 6.42 Å². The molecule has 0 saturated heterocycles. The average molecular weight is 276 g/mol. The lowest BCUT2D eigenvalue weighted by atomic mass is 10.1. The van der Waals surface area contributed by atoms with Gasteiger partial charge in [-0.2, -0.15) is 5.10 Å². The highest BCUT2D eigenvalue weighted by molar-refractivity contribution is 5.88. The maximum atomic E-state index is 10.9. The van der Waals surface area contributed by atoms with Crippen LogP contribution in [0.4, 0.5) is 0 Å². The van der Waals surface area contributed by atoms with E-state index in [1.54, 1.807) is 6.07 Å². The Bertz CT molecular complexity index is 665. The number of carboxylic acids is 1. The van der Waals surface area contributed by atoms with Crippen molar-refractivity contribution in [3.05, 3.63) is 23.9 Å². The van der Waals surface area contributed by atoms with Gasteiger partial charge in [0, 0.05) is 6.42 Å². The molecule has 20 heavy (non-hydrogen) atoms. The van der Waals surface area contributed by atoms with E-state index in [0.717, 1.165) is 6.42 Å². The van der Waals surface area contributed by atoms with E-state index in [0.29, 0.717) is 36.0 Å². The molecule has 0 amide bonds. The zero-order valence-corrected chi connectivity index (χ0v) is 10.4. The molecule has 1 aromatic heterocycles. The zero-order valence-electron chi connectivity index (χ0n) is 10.4. The summed E-state index contributed by atoms with van der Waals surface area (Å²) < 4.78 is 11.1. The highest BCUT2D eigenvalue weighted by Gasteiger charge is 2.22. The molecule has 0 saturated carbocycles. The Hall–Kier alpha value is -2.70. The zero-order chi connectivity index (χ0) is 14.1. The molecule has 1 aliphatic heterocycles. The van der Waals surface area contributed by atoms with Crippen LogP contribution in [0.2, 0.25) is 0 Å². The molecule has 1 aliphatic rings. The van der Waals surface area contributed by atoms with Crippen LogP contribution in [0.1, 0.15) is 16.9 Å². The fourth-order valence-corrected chi connectivity index (χ4v) is 2.03. The molecule has 104 valence electrons. The van der Waals surface area contributed by atoms with Crippen LogP contribution in [-0.2, 0) is 0 Å². The number of aromatic hydroxyl groups is 1. The summed E-state index contributed by atoms with van der Waals surface area (Å²) in [6.45, 7) is 0.984. The number of benzene rings is 1. The third-order valence-electron chi connectivity index (χ3n) is 2.96. The Labute approximate surface area is 113 Å². The summed E-state index contributed by atoms with van der Waals surface area (Å²) in [5.74, 6) is -0.277. The molecular formula is C13H12N2O5. The lowest BCUT2D eigenvalue weighted by Crippen LogP contribution is -1.98. The van der Waals surface area contributed by atoms with E-state index in [-0.39, 0.29) is 11.4 Å². The van der Waals surface area contributed by atoms with E-state index in [1.807, 2.05) is 0 Å². The predicted molar refractivity (Wildman–Crippen MR) is 68.3 cm³/mol. The fraction of sp³-hybridized carbons (Fsp3) is 0.231. The highest BCUT2D eigenvalue weighted by atomic mass is 16.5. The van der Waals surface area contributed by atoms with Gasteiger partial charge in [-0.3, -0.25) is 5.10 Å². The summed E-state index contributed by atoms with van der Waals surface area (Å²) in [7, 11) is 0. The second-order valence-corrected chi connectivity index (χ2v) is 4.31. The summed E-state index contributed by atoms with van der Waals surface area (Å²) in [4.78, 5) is 10.9. The molecule has 7 nitrogen and oxygen atoms in total. The predicted octanol–water partition coefficient (Wildman–Crippen LogP) is 1.64. The van der Waals surface area contributed by atoms with E-state index in [1.165, 1.54) is 12.1 Å². The molecule has 0 spiro atoms. The molecule has 3 rings (SSSR count). The molecular weight excluding hydrogens is 264 g/mol. The van der Waals surface area contributed by atoms with Crippen molar-refractivity contribution in [1.82, 2.24) is 10.2 Å². The molecule has 1 aromatic carbocycles. The number of aromatic amines is 1. The summed E-state index contributed by atoms with van der Waals surface area (Å²) in [5.41, 5.74) is 0.557. The summed E-state index contributed by atoms with van der Waals surface area (Å²) >= 11 is 0. The number of hydrogen-bond donors (Lipinski definition) is 3. The van der Waals surface area contributed by atoms with Gasteiger partial charge in [0.25, 0.3) is 0 Å². The Balaban J connectivity index is 2.14. The molecule has 0 unspecified atom stereocenters. The van der Waals surface area contributed by atoms with E-state index in [2.05, 4.69) is 10.2 Å². The quantitative estimate of drug-likeness (QED) is 0.770. The van der Waals surface area contributed by atoms with E-state index in [4.69, 9.17) is 14.6 Å². The van der Waals surface area contributed by atoms with Crippen molar-refractivity contribution < 1.29 is 24.5 Å². The number of carbonyl (C=O) groups is 1. The minimum absolute atomic E-state index is 0.0438. The maximum Gasteiger partial charge on any atom is 0.353 e. The molecule has 0 bridgehead atoms. The van der Waals surface area contributed by atoms with Crippen LogP contribution in [0.5, 0.6) is 17.2 Å². The van der Waals surface area contributed by atoms with Gasteiger partial charge < -0.3 is 19.7 Å². The molecule has 2 heterocycles. The number of carboxylic acid groups (broad SMARTS) is 1. The SMILES string of the molecule is O=C(O)c1cc(-c2c(O)ccc3c2OCCCO3)n[nH]1. The summed E-state index contributed by atoms with van der Waals surface area (Å²) in [6.07, 6.45) is 0.732. The van der Waals surface area contributed by atoms with Crippen LogP contribution >= 0.6 is 0 Å². The monoisotopic (exact) mass is 276 g/mol. The minimum Gasteiger partial charge on any atom is -0.507 e. The first-order valence-corrected chi connectivity index (χ1v) is 6.07. The Morgan fingerprint density at radius 1 is 1.30 bits per heavy atom. The topological polar surface area (TPSA) is 105 Å². The second kappa shape index (κ2) is 4.76. The number of nitrogens with one attached hydrogen (secondary N) is 1. The first-order chi connectivity index (χ1) is 9.66. The van der Waals surface area contributed by atoms with Crippen molar-refractivity contribution in [3.63, 3.8) is 0 Å². The number of ether oxygens (including phenoxy) is 2. The standard InChI is InChI=1S/C13H12N2O5/c16-9-2-3-10-12(20-5-1-4-19-10)11(9)7-6-8(13(17)18)15-14-7/h2-3,6,16H,1,4-5H2,(H,14,15)(H,17,18). The number of phenols is 1. The first-order valence-electron chi connectivity index (χ1n) is 6.07. The third kappa shape index (κ3) is 2.03. The van der Waals surface area contributed by atoms with E-state index < -0.39 is 5.97 Å². The van der Waals surface area contributed by atoms with Crippen molar-refractivity contribution in [2.24, 2.45) is 0 Å². The number of hydrogen-bond acceptors (Lipinski definition) is 5. The number of H-pyrrole nitrogens is 1. The van der Waals surface area contributed by atoms with Gasteiger partial charge in [-0.15, -0.1) is 0 Å². The van der Waals surface area contributed by atoms with Gasteiger partial charge in [0.15, 0.2) is 11.5 Å². The van der Waals surface area contributed by atoms with Gasteiger partial charge in [-0.25, -0.2) is 4.79 Å². The van der Waals surface area contributed by atoms with Gasteiger partial charge in [0.05, 0.1) is 18.8 Å². The van der Waals surface area contributed by atoms with Crippen LogP contribution < -0.4 is 9.47 Å². The van der Waals surface area contributed by atoms with Crippen molar-refractivity contribution in [3.8, 4) is 28.5 Å². The number of phenolic OH excluding ortho intramolecular Hbond substituents is 1. The van der Waals surface area contributed by atoms with E-state index in [9.17, 15) is 9.90 Å². The lowest BCUT2D eigenvalue weighted by molar-refractivity contribution is 0.0690. The third-order valence-corrected chi connectivity index (χ3v) is 2.96.